The van der Waals surface area contributed by atoms with Crippen molar-refractivity contribution in [1.82, 2.24) is 9.88 Å². The van der Waals surface area contributed by atoms with E-state index in [0.29, 0.717) is 11.8 Å². The Morgan fingerprint density at radius 1 is 1.30 bits per heavy atom. The lowest BCUT2D eigenvalue weighted by Crippen LogP contribution is -2.54. The van der Waals surface area contributed by atoms with Crippen LogP contribution in [0.15, 0.2) is 43.1 Å². The van der Waals surface area contributed by atoms with Crippen LogP contribution in [-0.4, -0.2) is 41.2 Å². The van der Waals surface area contributed by atoms with Crippen molar-refractivity contribution in [1.29, 1.82) is 0 Å². The number of halogens is 3. The highest BCUT2D eigenvalue weighted by atomic mass is 127. The van der Waals surface area contributed by atoms with Crippen LogP contribution in [0, 0.1) is 11.8 Å². The third-order valence-electron chi connectivity index (χ3n) is 5.82. The minimum absolute atomic E-state index is 0. The maximum absolute atomic E-state index is 11.2. The van der Waals surface area contributed by atoms with Crippen molar-refractivity contribution in [2.75, 3.05) is 20.2 Å². The smallest absolute Gasteiger partial charge is 0.119 e. The fourth-order valence-corrected chi connectivity index (χ4v) is 4.44. The summed E-state index contributed by atoms with van der Waals surface area (Å²) in [6, 6.07) is 7.96. The fraction of sp³-hybridized carbons (Fsp3) is 0.450. The minimum Gasteiger partial charge on any atom is -0.497 e. The molecule has 1 aromatic heterocycles. The molecular weight excluding hydrogens is 681 g/mol. The number of aliphatic hydroxyl groups is 1. The third kappa shape index (κ3) is 4.89. The zero-order valence-electron chi connectivity index (χ0n) is 15.3. The average Bonchev–Trinajstić information content (AvgIpc) is 2.66. The van der Waals surface area contributed by atoms with Crippen LogP contribution in [0.5, 0.6) is 5.75 Å². The number of methoxy groups -OCH3 is 1. The van der Waals surface area contributed by atoms with Crippen LogP contribution in [0.4, 0.5) is 0 Å². The first kappa shape index (κ1) is 25.3. The molecule has 150 valence electrons. The third-order valence-corrected chi connectivity index (χ3v) is 5.82. The van der Waals surface area contributed by atoms with Gasteiger partial charge in [0, 0.05) is 24.2 Å². The maximum Gasteiger partial charge on any atom is 0.119 e. The van der Waals surface area contributed by atoms with Gasteiger partial charge in [0.2, 0.25) is 0 Å². The number of nitrogens with zero attached hydrogens (tertiary/aromatic N) is 2. The number of hydrogen-bond acceptors (Lipinski definition) is 4. The van der Waals surface area contributed by atoms with Crippen molar-refractivity contribution in [2.45, 2.75) is 25.0 Å². The van der Waals surface area contributed by atoms with E-state index in [1.165, 1.54) is 6.42 Å². The molecule has 3 fully saturated rings. The minimum atomic E-state index is -0.504. The van der Waals surface area contributed by atoms with Gasteiger partial charge in [-0.3, -0.25) is 9.88 Å². The quantitative estimate of drug-likeness (QED) is 0.358. The Balaban J connectivity index is 0.00000121. The summed E-state index contributed by atoms with van der Waals surface area (Å²) in [6.07, 6.45) is 5.62. The van der Waals surface area contributed by atoms with Crippen LogP contribution in [0.1, 0.15) is 24.5 Å². The number of ether oxygens (including phenoxy) is 1. The summed E-state index contributed by atoms with van der Waals surface area (Å²) in [4.78, 5) is 6.86. The molecule has 2 aromatic rings. The van der Waals surface area contributed by atoms with Gasteiger partial charge in [-0.2, -0.15) is 0 Å². The highest BCUT2D eigenvalue weighted by molar-refractivity contribution is 14.0. The van der Waals surface area contributed by atoms with E-state index >= 15 is 0 Å². The monoisotopic (exact) mass is 708 g/mol. The Kier molecular flexibility index (Phi) is 10.2. The van der Waals surface area contributed by atoms with Crippen molar-refractivity contribution in [3.8, 4) is 5.75 Å². The molecule has 4 nitrogen and oxygen atoms in total. The molecule has 3 saturated heterocycles. The van der Waals surface area contributed by atoms with Crippen molar-refractivity contribution in [3.05, 3.63) is 48.7 Å². The van der Waals surface area contributed by atoms with Gasteiger partial charge in [0.15, 0.2) is 0 Å². The van der Waals surface area contributed by atoms with E-state index in [2.05, 4.69) is 22.5 Å². The Hall–Kier alpha value is 0.280. The van der Waals surface area contributed by atoms with Gasteiger partial charge >= 0.3 is 0 Å². The standard InChI is InChI=1S/C20H24N2O2.3HI/c1-3-13-12-22-9-7-14(13)10-19(22)20(23)16-6-8-21-18-5-4-15(24-2)11-17(16)18;;;/h3-6,8,11,13-14,19-20,23H,1,7,9-10,12H2,2H3;3*1H/t13-,14?,19-,20+;;;/m0.../s1. The normalized spacial score (nSPS) is 26.9. The Bertz CT molecular complexity index is 774. The molecule has 3 aliphatic rings. The number of benzene rings is 1. The van der Waals surface area contributed by atoms with Gasteiger partial charge < -0.3 is 9.84 Å². The zero-order chi connectivity index (χ0) is 16.7. The number of aromatic nitrogens is 1. The summed E-state index contributed by atoms with van der Waals surface area (Å²) in [5.74, 6) is 2.01. The van der Waals surface area contributed by atoms with Gasteiger partial charge in [-0.25, -0.2) is 0 Å². The van der Waals surface area contributed by atoms with Gasteiger partial charge in [-0.05, 0) is 61.1 Å². The van der Waals surface area contributed by atoms with E-state index in [1.54, 1.807) is 13.3 Å². The van der Waals surface area contributed by atoms with Crippen molar-refractivity contribution in [2.24, 2.45) is 11.8 Å². The van der Waals surface area contributed by atoms with Crippen LogP contribution in [0.25, 0.3) is 10.9 Å². The average molecular weight is 708 g/mol. The van der Waals surface area contributed by atoms with Crippen molar-refractivity contribution >= 4 is 82.8 Å². The number of hydrogen-bond donors (Lipinski definition) is 1. The molecule has 7 heteroatoms. The van der Waals surface area contributed by atoms with Crippen molar-refractivity contribution in [3.63, 3.8) is 0 Å². The number of rotatable bonds is 4. The predicted molar refractivity (Wildman–Crippen MR) is 141 cm³/mol. The largest absolute Gasteiger partial charge is 0.497 e. The number of fused-ring (bicyclic) bond motifs is 4. The lowest BCUT2D eigenvalue weighted by Gasteiger charge is -2.50. The predicted octanol–water partition coefficient (Wildman–Crippen LogP) is 5.03. The Morgan fingerprint density at radius 2 is 2.07 bits per heavy atom. The van der Waals surface area contributed by atoms with E-state index in [4.69, 9.17) is 4.74 Å². The Morgan fingerprint density at radius 3 is 2.70 bits per heavy atom. The Labute approximate surface area is 212 Å². The molecule has 0 amide bonds. The highest BCUT2D eigenvalue weighted by Crippen LogP contribution is 2.42. The fourth-order valence-electron chi connectivity index (χ4n) is 4.44. The van der Waals surface area contributed by atoms with E-state index in [0.717, 1.165) is 41.7 Å². The maximum atomic E-state index is 11.2. The summed E-state index contributed by atoms with van der Waals surface area (Å²) in [5, 5.41) is 12.1. The lowest BCUT2D eigenvalue weighted by molar-refractivity contribution is -0.0444. The molecule has 2 unspecified atom stereocenters. The van der Waals surface area contributed by atoms with Crippen LogP contribution in [-0.2, 0) is 0 Å². The summed E-state index contributed by atoms with van der Waals surface area (Å²) < 4.78 is 5.35. The molecule has 0 radical (unpaired) electrons. The number of aliphatic hydroxyl groups excluding tert-OH is 1. The van der Waals surface area contributed by atoms with Gasteiger partial charge in [-0.1, -0.05) is 6.08 Å². The van der Waals surface area contributed by atoms with E-state index in [-0.39, 0.29) is 78.0 Å². The van der Waals surface area contributed by atoms with E-state index in [9.17, 15) is 5.11 Å². The second-order valence-electron chi connectivity index (χ2n) is 6.97. The van der Waals surface area contributed by atoms with Gasteiger partial charge in [-0.15, -0.1) is 78.5 Å². The van der Waals surface area contributed by atoms with E-state index < -0.39 is 6.10 Å². The molecular formula is C20H27I3N2O2. The SMILES string of the molecule is C=C[C@H]1CN2CCC1C[C@H]2[C@H](O)c1ccnc2ccc(OC)cc12.I.I.I. The van der Waals surface area contributed by atoms with Gasteiger partial charge in [0.25, 0.3) is 0 Å². The first-order chi connectivity index (χ1) is 11.7. The molecule has 27 heavy (non-hydrogen) atoms. The number of pyridine rings is 1. The van der Waals surface area contributed by atoms with Gasteiger partial charge in [0.1, 0.15) is 5.75 Å². The molecule has 0 saturated carbocycles. The summed E-state index contributed by atoms with van der Waals surface area (Å²) in [5.41, 5.74) is 1.85. The van der Waals surface area contributed by atoms with Crippen LogP contribution in [0.3, 0.4) is 0 Å². The number of piperidine rings is 3. The highest BCUT2D eigenvalue weighted by Gasteiger charge is 2.42. The molecule has 5 atom stereocenters. The topological polar surface area (TPSA) is 45.6 Å². The van der Waals surface area contributed by atoms with Crippen LogP contribution < -0.4 is 4.74 Å². The lowest BCUT2D eigenvalue weighted by atomic mass is 9.73. The molecule has 0 aliphatic carbocycles. The first-order valence-corrected chi connectivity index (χ1v) is 8.68. The molecule has 0 spiro atoms. The second kappa shape index (κ2) is 10.9. The molecule has 1 aromatic carbocycles. The molecule has 4 heterocycles. The first-order valence-electron chi connectivity index (χ1n) is 8.68. The van der Waals surface area contributed by atoms with Crippen LogP contribution in [0.2, 0.25) is 0 Å². The molecule has 5 rings (SSSR count). The second-order valence-corrected chi connectivity index (χ2v) is 6.97. The summed E-state index contributed by atoms with van der Waals surface area (Å²) >= 11 is 0. The summed E-state index contributed by atoms with van der Waals surface area (Å²) in [7, 11) is 1.66. The van der Waals surface area contributed by atoms with Crippen LogP contribution >= 0.6 is 71.9 Å². The molecule has 1 N–H and O–H groups in total. The van der Waals surface area contributed by atoms with E-state index in [1.807, 2.05) is 24.3 Å². The summed E-state index contributed by atoms with van der Waals surface area (Å²) in [6.45, 7) is 6.07. The zero-order valence-corrected chi connectivity index (χ0v) is 22.3. The van der Waals surface area contributed by atoms with Crippen molar-refractivity contribution < 1.29 is 9.84 Å². The molecule has 2 bridgehead atoms. The molecule has 3 aliphatic heterocycles. The van der Waals surface area contributed by atoms with Gasteiger partial charge in [0.05, 0.1) is 18.7 Å².